The average molecular weight is 392 g/mol. The molecule has 0 unspecified atom stereocenters. The van der Waals surface area contributed by atoms with Gasteiger partial charge in [0.05, 0.1) is 11.3 Å². The second-order valence-corrected chi connectivity index (χ2v) is 7.85. The summed E-state index contributed by atoms with van der Waals surface area (Å²) in [5, 5.41) is 3.01. The number of benzene rings is 2. The van der Waals surface area contributed by atoms with Gasteiger partial charge in [-0.3, -0.25) is 9.59 Å². The maximum Gasteiger partial charge on any atom is 0.257 e. The van der Waals surface area contributed by atoms with Gasteiger partial charge in [0.2, 0.25) is 0 Å². The van der Waals surface area contributed by atoms with E-state index in [1.165, 1.54) is 5.56 Å². The van der Waals surface area contributed by atoms with Crippen molar-refractivity contribution in [3.05, 3.63) is 64.7 Å². The van der Waals surface area contributed by atoms with Crippen molar-refractivity contribution in [1.82, 2.24) is 10.2 Å². The molecule has 2 aliphatic rings. The number of fused-ring (bicyclic) bond motifs is 2. The number of nitrogens with zero attached hydrogens (tertiary/aromatic N) is 2. The van der Waals surface area contributed by atoms with Gasteiger partial charge in [-0.05, 0) is 61.9 Å². The molecule has 4 rings (SSSR count). The normalized spacial score (nSPS) is 18.3. The molecule has 2 aromatic rings. The van der Waals surface area contributed by atoms with E-state index in [0.717, 1.165) is 50.0 Å². The van der Waals surface area contributed by atoms with Gasteiger partial charge < -0.3 is 15.1 Å². The summed E-state index contributed by atoms with van der Waals surface area (Å²) in [7, 11) is 0. The van der Waals surface area contributed by atoms with E-state index in [2.05, 4.69) is 48.3 Å². The molecule has 2 heterocycles. The molecule has 0 aliphatic carbocycles. The topological polar surface area (TPSA) is 52.7 Å². The zero-order valence-corrected chi connectivity index (χ0v) is 17.3. The van der Waals surface area contributed by atoms with E-state index >= 15 is 0 Å². The summed E-state index contributed by atoms with van der Waals surface area (Å²) < 4.78 is 0. The van der Waals surface area contributed by atoms with Crippen molar-refractivity contribution in [1.29, 1.82) is 0 Å². The minimum absolute atomic E-state index is 0.0948. The van der Waals surface area contributed by atoms with Crippen LogP contribution in [0.4, 0.5) is 5.69 Å². The van der Waals surface area contributed by atoms with E-state index in [1.807, 2.05) is 17.0 Å². The van der Waals surface area contributed by atoms with Crippen LogP contribution in [0.5, 0.6) is 0 Å². The van der Waals surface area contributed by atoms with Crippen LogP contribution in [0.2, 0.25) is 0 Å². The fraction of sp³-hybridized carbons (Fsp3) is 0.417. The van der Waals surface area contributed by atoms with Gasteiger partial charge in [0.1, 0.15) is 6.17 Å². The second-order valence-electron chi connectivity index (χ2n) is 7.85. The van der Waals surface area contributed by atoms with Gasteiger partial charge >= 0.3 is 0 Å². The van der Waals surface area contributed by atoms with Crippen LogP contribution in [0.3, 0.4) is 0 Å². The van der Waals surface area contributed by atoms with Crippen LogP contribution in [0.15, 0.2) is 42.5 Å². The number of carbonyl (C=O) groups excluding carboxylic acids is 2. The summed E-state index contributed by atoms with van der Waals surface area (Å²) in [5.41, 5.74) is 4.56. The minimum atomic E-state index is -0.109. The van der Waals surface area contributed by atoms with Crippen LogP contribution in [-0.4, -0.2) is 36.0 Å². The maximum atomic E-state index is 13.0. The highest BCUT2D eigenvalue weighted by atomic mass is 16.2. The van der Waals surface area contributed by atoms with E-state index < -0.39 is 0 Å². The van der Waals surface area contributed by atoms with Crippen molar-refractivity contribution in [2.24, 2.45) is 0 Å². The third-order valence-electron chi connectivity index (χ3n) is 6.12. The Kier molecular flexibility index (Phi) is 5.56. The summed E-state index contributed by atoms with van der Waals surface area (Å²) in [4.78, 5) is 30.0. The largest absolute Gasteiger partial charge is 0.351 e. The van der Waals surface area contributed by atoms with Crippen LogP contribution in [-0.2, 0) is 13.0 Å². The summed E-state index contributed by atoms with van der Waals surface area (Å²) >= 11 is 0. The van der Waals surface area contributed by atoms with Crippen molar-refractivity contribution >= 4 is 17.5 Å². The summed E-state index contributed by atoms with van der Waals surface area (Å²) in [5.74, 6) is -0.0145. The van der Waals surface area contributed by atoms with Crippen molar-refractivity contribution in [3.8, 4) is 0 Å². The number of hydrogen-bond donors (Lipinski definition) is 1. The van der Waals surface area contributed by atoms with Crippen molar-refractivity contribution in [3.63, 3.8) is 0 Å². The second kappa shape index (κ2) is 8.27. The Morgan fingerprint density at radius 3 is 2.55 bits per heavy atom. The molecule has 5 heteroatoms. The number of aryl methyl sites for hydroxylation is 1. The SMILES string of the molecule is CCc1ccc(CNC(=O)c2ccc3c(c2)N(CC)[C@@H]2CCCCN2C3=O)cc1. The molecule has 29 heavy (non-hydrogen) atoms. The molecule has 2 aromatic carbocycles. The minimum Gasteiger partial charge on any atom is -0.351 e. The zero-order chi connectivity index (χ0) is 20.4. The predicted octanol–water partition coefficient (Wildman–Crippen LogP) is 3.97. The Balaban J connectivity index is 1.53. The van der Waals surface area contributed by atoms with Gasteiger partial charge in [0.25, 0.3) is 11.8 Å². The molecule has 2 aliphatic heterocycles. The molecule has 1 saturated heterocycles. The zero-order valence-electron chi connectivity index (χ0n) is 17.3. The van der Waals surface area contributed by atoms with Crippen molar-refractivity contribution < 1.29 is 9.59 Å². The summed E-state index contributed by atoms with van der Waals surface area (Å²) in [6, 6.07) is 13.8. The van der Waals surface area contributed by atoms with Crippen molar-refractivity contribution in [2.75, 3.05) is 18.0 Å². The fourth-order valence-electron chi connectivity index (χ4n) is 4.44. The molecule has 0 spiro atoms. The molecule has 152 valence electrons. The average Bonchev–Trinajstić information content (AvgIpc) is 2.78. The number of amides is 2. The van der Waals surface area contributed by atoms with Gasteiger partial charge in [-0.25, -0.2) is 0 Å². The van der Waals surface area contributed by atoms with Crippen LogP contribution in [0, 0.1) is 0 Å². The van der Waals surface area contributed by atoms with E-state index in [-0.39, 0.29) is 18.0 Å². The highest BCUT2D eigenvalue weighted by Gasteiger charge is 2.38. The van der Waals surface area contributed by atoms with E-state index in [0.29, 0.717) is 17.7 Å². The first kappa shape index (κ1) is 19.5. The molecule has 0 aromatic heterocycles. The van der Waals surface area contributed by atoms with Crippen LogP contribution < -0.4 is 10.2 Å². The third kappa shape index (κ3) is 3.74. The Morgan fingerprint density at radius 1 is 1.07 bits per heavy atom. The van der Waals surface area contributed by atoms with Gasteiger partial charge in [0, 0.05) is 25.2 Å². The standard InChI is InChI=1S/C24H29N3O2/c1-3-17-8-10-18(11-9-17)16-25-23(28)19-12-13-20-21(15-19)26(4-2)22-7-5-6-14-27(22)24(20)29/h8-13,15,22H,3-7,14,16H2,1-2H3,(H,25,28)/t22-/m0/s1. The lowest BCUT2D eigenvalue weighted by atomic mass is 9.97. The number of piperidine rings is 1. The number of nitrogens with one attached hydrogen (secondary N) is 1. The molecule has 0 saturated carbocycles. The number of anilines is 1. The Bertz CT molecular complexity index is 907. The molecular weight excluding hydrogens is 362 g/mol. The predicted molar refractivity (Wildman–Crippen MR) is 115 cm³/mol. The first-order valence-electron chi connectivity index (χ1n) is 10.7. The van der Waals surface area contributed by atoms with Gasteiger partial charge in [-0.2, -0.15) is 0 Å². The Labute approximate surface area is 172 Å². The van der Waals surface area contributed by atoms with E-state index in [1.54, 1.807) is 6.07 Å². The number of carbonyl (C=O) groups is 2. The first-order chi connectivity index (χ1) is 14.1. The molecule has 5 nitrogen and oxygen atoms in total. The molecule has 0 bridgehead atoms. The molecule has 0 radical (unpaired) electrons. The monoisotopic (exact) mass is 391 g/mol. The van der Waals surface area contributed by atoms with E-state index in [9.17, 15) is 9.59 Å². The lowest BCUT2D eigenvalue weighted by molar-refractivity contribution is 0.0582. The molecular formula is C24H29N3O2. The van der Waals surface area contributed by atoms with Crippen LogP contribution in [0.25, 0.3) is 0 Å². The molecule has 1 N–H and O–H groups in total. The van der Waals surface area contributed by atoms with Gasteiger partial charge in [0.15, 0.2) is 0 Å². The van der Waals surface area contributed by atoms with E-state index in [4.69, 9.17) is 0 Å². The quantitative estimate of drug-likeness (QED) is 0.839. The number of hydrogen-bond acceptors (Lipinski definition) is 3. The molecule has 2 amide bonds. The highest BCUT2D eigenvalue weighted by molar-refractivity contribution is 6.04. The van der Waals surface area contributed by atoms with Crippen LogP contribution in [0.1, 0.15) is 65.0 Å². The van der Waals surface area contributed by atoms with Gasteiger partial charge in [-0.15, -0.1) is 0 Å². The first-order valence-corrected chi connectivity index (χ1v) is 10.7. The van der Waals surface area contributed by atoms with Crippen molar-refractivity contribution in [2.45, 2.75) is 52.2 Å². The smallest absolute Gasteiger partial charge is 0.257 e. The third-order valence-corrected chi connectivity index (χ3v) is 6.12. The summed E-state index contributed by atoms with van der Waals surface area (Å²) in [6.45, 7) is 6.37. The Hall–Kier alpha value is -2.82. The van der Waals surface area contributed by atoms with Crippen LogP contribution >= 0.6 is 0 Å². The Morgan fingerprint density at radius 2 is 1.83 bits per heavy atom. The van der Waals surface area contributed by atoms with Gasteiger partial charge in [-0.1, -0.05) is 31.2 Å². The molecule has 1 fully saturated rings. The lowest BCUT2D eigenvalue weighted by Crippen LogP contribution is -2.57. The number of rotatable bonds is 5. The lowest BCUT2D eigenvalue weighted by Gasteiger charge is -2.47. The highest BCUT2D eigenvalue weighted by Crippen LogP contribution is 2.35. The summed E-state index contributed by atoms with van der Waals surface area (Å²) in [6.07, 6.45) is 4.31. The fourth-order valence-corrected chi connectivity index (χ4v) is 4.44. The molecule has 1 atom stereocenters. The maximum absolute atomic E-state index is 13.0.